The van der Waals surface area contributed by atoms with Gasteiger partial charge in [-0.1, -0.05) is 25.7 Å². The molecular formula is C18H31ClN2O3. The zero-order chi connectivity index (χ0) is 16.4. The van der Waals surface area contributed by atoms with Gasteiger partial charge in [0.2, 0.25) is 5.91 Å². The Hall–Kier alpha value is -0.810. The Morgan fingerprint density at radius 2 is 1.88 bits per heavy atom. The van der Waals surface area contributed by atoms with E-state index in [4.69, 9.17) is 0 Å². The van der Waals surface area contributed by atoms with Crippen LogP contribution in [-0.4, -0.2) is 60.0 Å². The van der Waals surface area contributed by atoms with E-state index in [-0.39, 0.29) is 24.2 Å². The third-order valence-electron chi connectivity index (χ3n) is 6.41. The van der Waals surface area contributed by atoms with Crippen LogP contribution in [-0.2, 0) is 9.59 Å². The van der Waals surface area contributed by atoms with Crippen molar-refractivity contribution in [2.75, 3.05) is 33.2 Å². The van der Waals surface area contributed by atoms with Crippen molar-refractivity contribution in [2.24, 2.45) is 17.3 Å². The number of hydrogen-bond donors (Lipinski definition) is 1. The quantitative estimate of drug-likeness (QED) is 0.820. The molecule has 24 heavy (non-hydrogen) atoms. The molecule has 6 heteroatoms. The summed E-state index contributed by atoms with van der Waals surface area (Å²) in [5, 5.41) is 9.63. The number of aliphatic carboxylic acids is 1. The Bertz CT molecular complexity index is 467. The highest BCUT2D eigenvalue weighted by Crippen LogP contribution is 2.48. The summed E-state index contributed by atoms with van der Waals surface area (Å²) < 4.78 is 0. The minimum absolute atomic E-state index is 0. The monoisotopic (exact) mass is 358 g/mol. The van der Waals surface area contributed by atoms with Crippen molar-refractivity contribution < 1.29 is 14.7 Å². The number of amides is 1. The Morgan fingerprint density at radius 1 is 1.17 bits per heavy atom. The van der Waals surface area contributed by atoms with E-state index in [1.54, 1.807) is 0 Å². The zero-order valence-electron chi connectivity index (χ0n) is 14.7. The van der Waals surface area contributed by atoms with E-state index in [1.165, 1.54) is 32.1 Å². The van der Waals surface area contributed by atoms with Crippen LogP contribution in [0.2, 0.25) is 0 Å². The largest absolute Gasteiger partial charge is 0.481 e. The van der Waals surface area contributed by atoms with E-state index in [1.807, 2.05) is 11.9 Å². The summed E-state index contributed by atoms with van der Waals surface area (Å²) in [4.78, 5) is 28.2. The Balaban J connectivity index is 0.00000208. The molecule has 0 bridgehead atoms. The normalized spacial score (nSPS) is 30.6. The number of fused-ring (bicyclic) bond motifs is 1. The summed E-state index contributed by atoms with van der Waals surface area (Å²) in [7, 11) is 1.90. The molecule has 3 rings (SSSR count). The minimum Gasteiger partial charge on any atom is -0.481 e. The highest BCUT2D eigenvalue weighted by molar-refractivity contribution is 5.85. The first-order chi connectivity index (χ1) is 11.0. The molecule has 0 aromatic heterocycles. The molecule has 0 aromatic carbocycles. The van der Waals surface area contributed by atoms with Gasteiger partial charge in [0.25, 0.3) is 0 Å². The topological polar surface area (TPSA) is 60.9 Å². The lowest BCUT2D eigenvalue weighted by Gasteiger charge is -2.28. The van der Waals surface area contributed by atoms with E-state index in [0.717, 1.165) is 32.4 Å². The standard InChI is InChI=1S/C18H30N2O3.ClH/c1-19(10-14-6-3-2-4-7-14)16(21)12-20-11-15-8-5-9-18(15,13-20)17(22)23;/h14-15H,2-13H2,1H3,(H,22,23);1H/t15-,18+;/m0./s1. The molecule has 2 atom stereocenters. The van der Waals surface area contributed by atoms with Crippen LogP contribution in [0.15, 0.2) is 0 Å². The molecule has 1 amide bonds. The van der Waals surface area contributed by atoms with Crippen LogP contribution in [0.5, 0.6) is 0 Å². The maximum absolute atomic E-state index is 12.5. The molecule has 0 radical (unpaired) electrons. The molecule has 0 unspecified atom stereocenters. The van der Waals surface area contributed by atoms with Gasteiger partial charge in [-0.2, -0.15) is 0 Å². The highest BCUT2D eigenvalue weighted by atomic mass is 35.5. The van der Waals surface area contributed by atoms with Crippen LogP contribution >= 0.6 is 12.4 Å². The molecule has 1 saturated heterocycles. The van der Waals surface area contributed by atoms with Gasteiger partial charge in [0.05, 0.1) is 12.0 Å². The lowest BCUT2D eigenvalue weighted by molar-refractivity contribution is -0.149. The first-order valence-corrected chi connectivity index (χ1v) is 9.21. The summed E-state index contributed by atoms with van der Waals surface area (Å²) in [6.07, 6.45) is 9.19. The van der Waals surface area contributed by atoms with E-state index < -0.39 is 11.4 Å². The molecule has 5 nitrogen and oxygen atoms in total. The maximum Gasteiger partial charge on any atom is 0.311 e. The van der Waals surface area contributed by atoms with E-state index in [0.29, 0.717) is 19.0 Å². The number of hydrogen-bond acceptors (Lipinski definition) is 3. The fourth-order valence-corrected chi connectivity index (χ4v) is 5.03. The second-order valence-electron chi connectivity index (χ2n) is 8.00. The third kappa shape index (κ3) is 3.88. The predicted molar refractivity (Wildman–Crippen MR) is 95.3 cm³/mol. The first kappa shape index (κ1) is 19.5. The number of halogens is 1. The molecule has 1 aliphatic heterocycles. The third-order valence-corrected chi connectivity index (χ3v) is 6.41. The molecule has 0 aromatic rings. The summed E-state index contributed by atoms with van der Waals surface area (Å²) in [5.41, 5.74) is -0.581. The molecular weight excluding hydrogens is 328 g/mol. The van der Waals surface area contributed by atoms with Gasteiger partial charge in [0, 0.05) is 26.7 Å². The average molecular weight is 359 g/mol. The van der Waals surface area contributed by atoms with Gasteiger partial charge in [-0.05, 0) is 37.5 Å². The second kappa shape index (κ2) is 8.05. The molecule has 3 aliphatic rings. The van der Waals surface area contributed by atoms with Gasteiger partial charge in [0.1, 0.15) is 0 Å². The van der Waals surface area contributed by atoms with Crippen LogP contribution in [0.4, 0.5) is 0 Å². The summed E-state index contributed by atoms with van der Waals surface area (Å²) in [6.45, 7) is 2.57. The number of likely N-dealkylation sites (tertiary alicyclic amines) is 1. The first-order valence-electron chi connectivity index (χ1n) is 9.21. The zero-order valence-corrected chi connectivity index (χ0v) is 15.5. The fraction of sp³-hybridized carbons (Fsp3) is 0.889. The van der Waals surface area contributed by atoms with Crippen LogP contribution < -0.4 is 0 Å². The lowest BCUT2D eigenvalue weighted by atomic mass is 9.81. The molecule has 138 valence electrons. The van der Waals surface area contributed by atoms with Gasteiger partial charge in [-0.3, -0.25) is 14.5 Å². The van der Waals surface area contributed by atoms with E-state index >= 15 is 0 Å². The second-order valence-corrected chi connectivity index (χ2v) is 8.00. The Labute approximate surface area is 151 Å². The van der Waals surface area contributed by atoms with Crippen LogP contribution in [0.25, 0.3) is 0 Å². The molecule has 2 aliphatic carbocycles. The molecule has 3 fully saturated rings. The van der Waals surface area contributed by atoms with E-state index in [2.05, 4.69) is 4.90 Å². The highest BCUT2D eigenvalue weighted by Gasteiger charge is 2.54. The Kier molecular flexibility index (Phi) is 6.54. The van der Waals surface area contributed by atoms with Crippen molar-refractivity contribution in [2.45, 2.75) is 51.4 Å². The maximum atomic E-state index is 12.5. The number of rotatable bonds is 5. The van der Waals surface area contributed by atoms with Gasteiger partial charge in [-0.25, -0.2) is 0 Å². The van der Waals surface area contributed by atoms with Gasteiger partial charge >= 0.3 is 5.97 Å². The van der Waals surface area contributed by atoms with Crippen LogP contribution in [0.1, 0.15) is 51.4 Å². The van der Waals surface area contributed by atoms with Gasteiger partial charge in [-0.15, -0.1) is 12.4 Å². The van der Waals surface area contributed by atoms with Crippen molar-refractivity contribution in [3.63, 3.8) is 0 Å². The number of carboxylic acids is 1. The average Bonchev–Trinajstić information content (AvgIpc) is 3.06. The van der Waals surface area contributed by atoms with Crippen molar-refractivity contribution in [3.05, 3.63) is 0 Å². The molecule has 2 saturated carbocycles. The minimum atomic E-state index is -0.662. The van der Waals surface area contributed by atoms with Gasteiger partial charge < -0.3 is 10.0 Å². The Morgan fingerprint density at radius 3 is 2.50 bits per heavy atom. The number of carbonyl (C=O) groups is 2. The molecule has 1 N–H and O–H groups in total. The summed E-state index contributed by atoms with van der Waals surface area (Å²) in [6, 6.07) is 0. The smallest absolute Gasteiger partial charge is 0.311 e. The molecule has 1 heterocycles. The molecule has 0 spiro atoms. The number of carbonyl (C=O) groups excluding carboxylic acids is 1. The van der Waals surface area contributed by atoms with Crippen molar-refractivity contribution >= 4 is 24.3 Å². The van der Waals surface area contributed by atoms with Crippen LogP contribution in [0.3, 0.4) is 0 Å². The fourth-order valence-electron chi connectivity index (χ4n) is 5.03. The summed E-state index contributed by atoms with van der Waals surface area (Å²) >= 11 is 0. The number of likely N-dealkylation sites (N-methyl/N-ethyl adjacent to an activating group) is 1. The SMILES string of the molecule is CN(CC1CCCCC1)C(=O)CN1C[C@@H]2CCC[C@@]2(C(=O)O)C1.Cl. The van der Waals surface area contributed by atoms with Crippen molar-refractivity contribution in [3.8, 4) is 0 Å². The number of nitrogens with zero attached hydrogens (tertiary/aromatic N) is 2. The summed E-state index contributed by atoms with van der Waals surface area (Å²) in [5.74, 6) is 0.374. The van der Waals surface area contributed by atoms with Crippen LogP contribution in [0, 0.1) is 17.3 Å². The lowest BCUT2D eigenvalue weighted by Crippen LogP contribution is -2.41. The predicted octanol–water partition coefficient (Wildman–Crippen LogP) is 2.63. The van der Waals surface area contributed by atoms with Crippen molar-refractivity contribution in [1.82, 2.24) is 9.80 Å². The van der Waals surface area contributed by atoms with Crippen molar-refractivity contribution in [1.29, 1.82) is 0 Å². The van der Waals surface area contributed by atoms with Gasteiger partial charge in [0.15, 0.2) is 0 Å². The van der Waals surface area contributed by atoms with E-state index in [9.17, 15) is 14.7 Å². The number of carboxylic acid groups (broad SMARTS) is 1.